The van der Waals surface area contributed by atoms with Crippen LogP contribution in [0.3, 0.4) is 0 Å². The van der Waals surface area contributed by atoms with Gasteiger partial charge < -0.3 is 20.1 Å². The zero-order valence-electron chi connectivity index (χ0n) is 25.6. The van der Waals surface area contributed by atoms with E-state index in [-0.39, 0.29) is 12.0 Å². The summed E-state index contributed by atoms with van der Waals surface area (Å²) in [4.78, 5) is 42.7. The Balaban J connectivity index is 1.42. The van der Waals surface area contributed by atoms with Crippen molar-refractivity contribution in [2.45, 2.75) is 51.7 Å². The number of anilines is 1. The number of ether oxygens (including phenoxy) is 2. The predicted molar refractivity (Wildman–Crippen MR) is 170 cm³/mol. The summed E-state index contributed by atoms with van der Waals surface area (Å²) < 4.78 is 12.9. The third kappa shape index (κ3) is 6.35. The number of carbonyl (C=O) groups excluding carboxylic acids is 2. The Hall–Kier alpha value is -4.13. The molecule has 12 nitrogen and oxygen atoms in total. The number of hydrogen-bond acceptors (Lipinski definition) is 10. The molecular weight excluding hydrogens is 596 g/mol. The maximum Gasteiger partial charge on any atom is 0.298 e. The minimum absolute atomic E-state index is 0.173. The molecule has 2 saturated heterocycles. The maximum absolute atomic E-state index is 13.1. The lowest BCUT2D eigenvalue weighted by Gasteiger charge is -2.41. The van der Waals surface area contributed by atoms with Gasteiger partial charge in [0.1, 0.15) is 5.82 Å². The molecule has 0 radical (unpaired) electrons. The molecule has 236 valence electrons. The van der Waals surface area contributed by atoms with Crippen molar-refractivity contribution in [3.63, 3.8) is 0 Å². The van der Waals surface area contributed by atoms with Gasteiger partial charge in [0.2, 0.25) is 0 Å². The fourth-order valence-corrected chi connectivity index (χ4v) is 6.35. The van der Waals surface area contributed by atoms with Crippen LogP contribution < -0.4 is 15.4 Å². The summed E-state index contributed by atoms with van der Waals surface area (Å²) in [6.45, 7) is 8.42. The summed E-state index contributed by atoms with van der Waals surface area (Å²) in [7, 11) is 1.85. The maximum atomic E-state index is 13.1. The SMILES string of the molecule is CC(C)Cc1nc2c(cnn2C2CCN(C3COC3)CC2)c(-c2ccc(N(C)Cc3ncc(Cl)cn3)c(OC=O)c2)c1C(N)=O. The van der Waals surface area contributed by atoms with Crippen molar-refractivity contribution in [2.75, 3.05) is 38.3 Å². The van der Waals surface area contributed by atoms with Crippen LogP contribution in [0.2, 0.25) is 5.02 Å². The number of nitrogens with two attached hydrogens (primary N) is 1. The number of carbonyl (C=O) groups is 2. The van der Waals surface area contributed by atoms with Crippen LogP contribution in [0, 0.1) is 5.92 Å². The highest BCUT2D eigenvalue weighted by molar-refractivity contribution is 6.30. The first-order valence-electron chi connectivity index (χ1n) is 15.2. The minimum Gasteiger partial charge on any atom is -0.427 e. The van der Waals surface area contributed by atoms with E-state index in [9.17, 15) is 9.59 Å². The lowest BCUT2D eigenvalue weighted by Crippen LogP contribution is -2.51. The van der Waals surface area contributed by atoms with E-state index < -0.39 is 5.91 Å². The Morgan fingerprint density at radius 3 is 2.53 bits per heavy atom. The highest BCUT2D eigenvalue weighted by atomic mass is 35.5. The second kappa shape index (κ2) is 13.1. The molecule has 45 heavy (non-hydrogen) atoms. The number of likely N-dealkylation sites (tertiary alicyclic amines) is 1. The molecule has 0 bridgehead atoms. The molecule has 3 aromatic heterocycles. The summed E-state index contributed by atoms with van der Waals surface area (Å²) >= 11 is 5.95. The van der Waals surface area contributed by atoms with Gasteiger partial charge in [-0.2, -0.15) is 5.10 Å². The van der Waals surface area contributed by atoms with E-state index in [4.69, 9.17) is 36.9 Å². The molecule has 2 fully saturated rings. The van der Waals surface area contributed by atoms with Crippen molar-refractivity contribution in [3.05, 3.63) is 58.9 Å². The smallest absolute Gasteiger partial charge is 0.298 e. The van der Waals surface area contributed by atoms with E-state index in [2.05, 4.69) is 28.7 Å². The Bertz CT molecular complexity index is 1700. The van der Waals surface area contributed by atoms with E-state index in [1.807, 2.05) is 28.8 Å². The van der Waals surface area contributed by atoms with Crippen molar-refractivity contribution in [1.82, 2.24) is 29.6 Å². The Morgan fingerprint density at radius 1 is 1.18 bits per heavy atom. The van der Waals surface area contributed by atoms with Gasteiger partial charge in [-0.1, -0.05) is 31.5 Å². The summed E-state index contributed by atoms with van der Waals surface area (Å²) in [6, 6.07) is 6.16. The van der Waals surface area contributed by atoms with Gasteiger partial charge in [-0.3, -0.25) is 14.5 Å². The van der Waals surface area contributed by atoms with Gasteiger partial charge in [0.05, 0.1) is 60.0 Å². The predicted octanol–water partition coefficient (Wildman–Crippen LogP) is 4.05. The van der Waals surface area contributed by atoms with Gasteiger partial charge >= 0.3 is 0 Å². The third-order valence-electron chi connectivity index (χ3n) is 8.53. The van der Waals surface area contributed by atoms with Crippen LogP contribution in [0.1, 0.15) is 54.6 Å². The number of aromatic nitrogens is 5. The van der Waals surface area contributed by atoms with Crippen LogP contribution in [-0.2, 0) is 22.5 Å². The lowest BCUT2D eigenvalue weighted by atomic mass is 9.92. The molecule has 0 unspecified atom stereocenters. The summed E-state index contributed by atoms with van der Waals surface area (Å²) in [5.41, 5.74) is 9.69. The van der Waals surface area contributed by atoms with E-state index in [0.717, 1.165) is 50.2 Å². The molecule has 2 N–H and O–H groups in total. The largest absolute Gasteiger partial charge is 0.427 e. The van der Waals surface area contributed by atoms with Crippen molar-refractivity contribution < 1.29 is 19.1 Å². The number of nitrogens with zero attached hydrogens (tertiary/aromatic N) is 7. The minimum atomic E-state index is -0.572. The van der Waals surface area contributed by atoms with Gasteiger partial charge in [0, 0.05) is 43.5 Å². The lowest BCUT2D eigenvalue weighted by molar-refractivity contribution is -0.120. The van der Waals surface area contributed by atoms with Gasteiger partial charge in [0.25, 0.3) is 12.4 Å². The fourth-order valence-electron chi connectivity index (χ4n) is 6.25. The number of primary amides is 1. The van der Waals surface area contributed by atoms with Crippen LogP contribution in [0.25, 0.3) is 22.2 Å². The fraction of sp³-hybridized carbons (Fsp3) is 0.438. The Morgan fingerprint density at radius 2 is 1.91 bits per heavy atom. The van der Waals surface area contributed by atoms with Gasteiger partial charge in [0.15, 0.2) is 11.4 Å². The van der Waals surface area contributed by atoms with Gasteiger partial charge in [-0.05, 0) is 42.9 Å². The average molecular weight is 633 g/mol. The van der Waals surface area contributed by atoms with Crippen LogP contribution >= 0.6 is 11.6 Å². The molecule has 2 aliphatic heterocycles. The second-order valence-electron chi connectivity index (χ2n) is 12.1. The summed E-state index contributed by atoms with van der Waals surface area (Å²) in [5.74, 6) is 0.514. The average Bonchev–Trinajstić information content (AvgIpc) is 3.40. The molecule has 2 aliphatic rings. The number of amides is 1. The monoisotopic (exact) mass is 632 g/mol. The first kappa shape index (κ1) is 30.9. The highest BCUT2D eigenvalue weighted by Crippen LogP contribution is 2.40. The zero-order valence-corrected chi connectivity index (χ0v) is 26.4. The molecule has 0 saturated carbocycles. The van der Waals surface area contributed by atoms with Crippen LogP contribution in [0.4, 0.5) is 5.69 Å². The van der Waals surface area contributed by atoms with Crippen molar-refractivity contribution in [3.8, 4) is 16.9 Å². The van der Waals surface area contributed by atoms with Crippen LogP contribution in [0.15, 0.2) is 36.8 Å². The number of pyridine rings is 1. The molecule has 0 spiro atoms. The normalized spacial score (nSPS) is 16.2. The van der Waals surface area contributed by atoms with E-state index >= 15 is 0 Å². The molecule has 1 aromatic carbocycles. The highest BCUT2D eigenvalue weighted by Gasteiger charge is 2.32. The van der Waals surface area contributed by atoms with E-state index in [0.29, 0.717) is 70.1 Å². The van der Waals surface area contributed by atoms with Gasteiger partial charge in [-0.25, -0.2) is 19.6 Å². The number of fused-ring (bicyclic) bond motifs is 1. The first-order valence-corrected chi connectivity index (χ1v) is 15.5. The third-order valence-corrected chi connectivity index (χ3v) is 8.73. The number of piperidine rings is 1. The van der Waals surface area contributed by atoms with E-state index in [1.165, 1.54) is 12.4 Å². The first-order chi connectivity index (χ1) is 21.7. The van der Waals surface area contributed by atoms with Crippen LogP contribution in [-0.4, -0.2) is 81.4 Å². The summed E-state index contributed by atoms with van der Waals surface area (Å²) in [5, 5.41) is 5.99. The molecule has 1 amide bonds. The van der Waals surface area contributed by atoms with E-state index in [1.54, 1.807) is 12.3 Å². The zero-order chi connectivity index (χ0) is 31.7. The van der Waals surface area contributed by atoms with Crippen LogP contribution in [0.5, 0.6) is 5.75 Å². The molecule has 0 atom stereocenters. The Labute approximate surface area is 266 Å². The molecule has 13 heteroatoms. The van der Waals surface area contributed by atoms with Crippen molar-refractivity contribution in [1.29, 1.82) is 0 Å². The quantitative estimate of drug-likeness (QED) is 0.241. The van der Waals surface area contributed by atoms with Crippen molar-refractivity contribution in [2.24, 2.45) is 11.7 Å². The van der Waals surface area contributed by atoms with Crippen molar-refractivity contribution >= 4 is 40.7 Å². The molecule has 0 aliphatic carbocycles. The standard InChI is InChI=1S/C32H37ClN8O4/c1-19(2)10-25-30(31(34)43)29(24-14-37-41(32(24)38-25)22-6-8-40(9-7-22)23-16-44-17-23)20-4-5-26(27(11-20)45-18-42)39(3)15-28-35-12-21(33)13-36-28/h4-5,11-14,18-19,22-23H,6-10,15-17H2,1-3H3,(H2,34,43). The molecule has 6 rings (SSSR count). The number of rotatable bonds is 11. The number of hydrogen-bond donors (Lipinski definition) is 1. The molecule has 5 heterocycles. The summed E-state index contributed by atoms with van der Waals surface area (Å²) in [6.07, 6.45) is 7.28. The molecular formula is C32H37ClN8O4. The topological polar surface area (TPSA) is 142 Å². The second-order valence-corrected chi connectivity index (χ2v) is 12.6. The Kier molecular flexibility index (Phi) is 8.97. The number of benzene rings is 1. The molecule has 4 aromatic rings. The van der Waals surface area contributed by atoms with Gasteiger partial charge in [-0.15, -0.1) is 0 Å². The number of halogens is 1.